The maximum Gasteiger partial charge on any atom is 0.267 e. The molecule has 4 rings (SSSR count). The van der Waals surface area contributed by atoms with E-state index >= 15 is 0 Å². The zero-order chi connectivity index (χ0) is 14.4. The van der Waals surface area contributed by atoms with E-state index in [1.54, 1.807) is 0 Å². The predicted octanol–water partition coefficient (Wildman–Crippen LogP) is 1.31. The van der Waals surface area contributed by atoms with Crippen LogP contribution in [0.25, 0.3) is 0 Å². The van der Waals surface area contributed by atoms with E-state index in [0.717, 1.165) is 31.9 Å². The topological polar surface area (TPSA) is 50.8 Å². The Morgan fingerprint density at radius 1 is 1.14 bits per heavy atom. The fourth-order valence-corrected chi connectivity index (χ4v) is 3.61. The van der Waals surface area contributed by atoms with Crippen molar-refractivity contribution in [1.29, 1.82) is 0 Å². The zero-order valence-electron chi connectivity index (χ0n) is 12.5. The normalized spacial score (nSPS) is 32.3. The van der Waals surface area contributed by atoms with Gasteiger partial charge in [0, 0.05) is 26.2 Å². The smallest absolute Gasteiger partial charge is 0.267 e. The fourth-order valence-electron chi connectivity index (χ4n) is 3.61. The highest BCUT2D eigenvalue weighted by Gasteiger charge is 2.43. The molecule has 6 heteroatoms. The van der Waals surface area contributed by atoms with Crippen LogP contribution in [-0.2, 0) is 4.79 Å². The highest BCUT2D eigenvalue weighted by atomic mass is 35.5. The second kappa shape index (κ2) is 5.97. The van der Waals surface area contributed by atoms with E-state index in [2.05, 4.69) is 5.32 Å². The fraction of sp³-hybridized carbons (Fsp3) is 0.562. The quantitative estimate of drug-likeness (QED) is 0.846. The maximum absolute atomic E-state index is 12.8. The molecule has 0 aromatic heterocycles. The average Bonchev–Trinajstić information content (AvgIpc) is 3.07. The molecule has 22 heavy (non-hydrogen) atoms. The first kappa shape index (κ1) is 15.4. The van der Waals surface area contributed by atoms with Crippen LogP contribution >= 0.6 is 12.4 Å². The molecule has 2 unspecified atom stereocenters. The molecule has 1 amide bonds. The third-order valence-corrected chi connectivity index (χ3v) is 4.79. The number of nitrogens with zero attached hydrogens (tertiary/aromatic N) is 1. The first-order valence-corrected chi connectivity index (χ1v) is 7.64. The minimum Gasteiger partial charge on any atom is -0.482 e. The van der Waals surface area contributed by atoms with E-state index in [-0.39, 0.29) is 24.4 Å². The summed E-state index contributed by atoms with van der Waals surface area (Å²) in [5.74, 6) is 2.64. The molecule has 5 nitrogen and oxygen atoms in total. The van der Waals surface area contributed by atoms with Crippen molar-refractivity contribution in [3.05, 3.63) is 24.3 Å². The summed E-state index contributed by atoms with van der Waals surface area (Å²) in [7, 11) is 0. The monoisotopic (exact) mass is 324 g/mol. The van der Waals surface area contributed by atoms with E-state index in [9.17, 15) is 4.79 Å². The van der Waals surface area contributed by atoms with Crippen LogP contribution < -0.4 is 14.8 Å². The van der Waals surface area contributed by atoms with Crippen LogP contribution in [0.4, 0.5) is 0 Å². The van der Waals surface area contributed by atoms with Crippen molar-refractivity contribution in [1.82, 2.24) is 10.2 Å². The summed E-state index contributed by atoms with van der Waals surface area (Å²) < 4.78 is 11.7. The molecule has 2 saturated heterocycles. The summed E-state index contributed by atoms with van der Waals surface area (Å²) in [4.78, 5) is 14.7. The highest BCUT2D eigenvalue weighted by Crippen LogP contribution is 2.35. The Morgan fingerprint density at radius 2 is 1.73 bits per heavy atom. The lowest BCUT2D eigenvalue weighted by molar-refractivity contribution is -0.143. The number of para-hydroxylation sites is 2. The van der Waals surface area contributed by atoms with Crippen LogP contribution in [-0.4, -0.2) is 49.2 Å². The molecule has 120 valence electrons. The third-order valence-electron chi connectivity index (χ3n) is 4.79. The van der Waals surface area contributed by atoms with Gasteiger partial charge in [-0.15, -0.1) is 12.4 Å². The van der Waals surface area contributed by atoms with Crippen LogP contribution in [0.1, 0.15) is 6.92 Å². The Bertz CT molecular complexity index is 556. The van der Waals surface area contributed by atoms with Gasteiger partial charge in [0.1, 0.15) is 6.10 Å². The van der Waals surface area contributed by atoms with Gasteiger partial charge in [-0.2, -0.15) is 0 Å². The molecule has 4 atom stereocenters. The summed E-state index contributed by atoms with van der Waals surface area (Å²) in [6, 6.07) is 7.53. The number of nitrogens with one attached hydrogen (secondary N) is 1. The number of fused-ring (bicyclic) bond motifs is 2. The maximum atomic E-state index is 12.8. The molecule has 3 aliphatic heterocycles. The largest absolute Gasteiger partial charge is 0.482 e. The summed E-state index contributed by atoms with van der Waals surface area (Å²) in [5.41, 5.74) is 0. The second-order valence-corrected chi connectivity index (χ2v) is 6.23. The molecule has 1 aromatic rings. The van der Waals surface area contributed by atoms with Crippen LogP contribution in [0.2, 0.25) is 0 Å². The van der Waals surface area contributed by atoms with Gasteiger partial charge in [-0.05, 0) is 30.9 Å². The molecule has 3 heterocycles. The number of ether oxygens (including phenoxy) is 2. The molecule has 0 aliphatic carbocycles. The SMILES string of the molecule is CC1Oc2ccccc2OC1C(=O)N1C[C@H]2CNC[C@H]2C1.Cl. The number of carbonyl (C=O) groups excluding carboxylic acids is 1. The number of amides is 1. The summed E-state index contributed by atoms with van der Waals surface area (Å²) in [6.45, 7) is 5.62. The van der Waals surface area contributed by atoms with Crippen molar-refractivity contribution in [3.8, 4) is 11.5 Å². The number of hydrogen-bond donors (Lipinski definition) is 1. The van der Waals surface area contributed by atoms with Crippen LogP contribution in [0.15, 0.2) is 24.3 Å². The van der Waals surface area contributed by atoms with Gasteiger partial charge in [0.25, 0.3) is 5.91 Å². The van der Waals surface area contributed by atoms with Crippen molar-refractivity contribution in [3.63, 3.8) is 0 Å². The highest BCUT2D eigenvalue weighted by molar-refractivity contribution is 5.85. The Labute approximate surface area is 136 Å². The number of rotatable bonds is 1. The summed E-state index contributed by atoms with van der Waals surface area (Å²) in [6.07, 6.45) is -0.794. The Balaban J connectivity index is 0.00000144. The summed E-state index contributed by atoms with van der Waals surface area (Å²) in [5, 5.41) is 3.39. The molecular formula is C16H21ClN2O3. The van der Waals surface area contributed by atoms with Crippen molar-refractivity contribution in [2.75, 3.05) is 26.2 Å². The van der Waals surface area contributed by atoms with Gasteiger partial charge in [0.05, 0.1) is 0 Å². The zero-order valence-corrected chi connectivity index (χ0v) is 13.3. The van der Waals surface area contributed by atoms with Gasteiger partial charge in [-0.1, -0.05) is 12.1 Å². The minimum atomic E-state index is -0.535. The number of halogens is 1. The lowest BCUT2D eigenvalue weighted by atomic mass is 10.0. The lowest BCUT2D eigenvalue weighted by Gasteiger charge is -2.33. The van der Waals surface area contributed by atoms with Gasteiger partial charge in [0.15, 0.2) is 11.5 Å². The number of benzene rings is 1. The minimum absolute atomic E-state index is 0. The van der Waals surface area contributed by atoms with Crippen LogP contribution in [0.3, 0.4) is 0 Å². The van der Waals surface area contributed by atoms with Crippen molar-refractivity contribution >= 4 is 18.3 Å². The standard InChI is InChI=1S/C16H20N2O3.ClH/c1-10-15(21-14-5-3-2-4-13(14)20-10)16(19)18-8-11-6-17-7-12(11)9-18;/h2-5,10-12,15,17H,6-9H2,1H3;1H/t10?,11-,12+,15?;. The van der Waals surface area contributed by atoms with E-state index in [1.807, 2.05) is 36.1 Å². The van der Waals surface area contributed by atoms with E-state index in [4.69, 9.17) is 9.47 Å². The van der Waals surface area contributed by atoms with Gasteiger partial charge in [-0.3, -0.25) is 4.79 Å². The van der Waals surface area contributed by atoms with Crippen molar-refractivity contribution in [2.24, 2.45) is 11.8 Å². The lowest BCUT2D eigenvalue weighted by Crippen LogP contribution is -2.50. The summed E-state index contributed by atoms with van der Waals surface area (Å²) >= 11 is 0. The molecule has 3 aliphatic rings. The molecule has 1 aromatic carbocycles. The predicted molar refractivity (Wildman–Crippen MR) is 84.6 cm³/mol. The third kappa shape index (κ3) is 2.52. The Morgan fingerprint density at radius 3 is 2.36 bits per heavy atom. The molecule has 2 fully saturated rings. The molecular weight excluding hydrogens is 304 g/mol. The Kier molecular flexibility index (Phi) is 4.19. The number of hydrogen-bond acceptors (Lipinski definition) is 4. The van der Waals surface area contributed by atoms with E-state index < -0.39 is 6.10 Å². The molecule has 0 bridgehead atoms. The second-order valence-electron chi connectivity index (χ2n) is 6.23. The molecule has 0 radical (unpaired) electrons. The van der Waals surface area contributed by atoms with Gasteiger partial charge in [0.2, 0.25) is 6.10 Å². The first-order valence-electron chi connectivity index (χ1n) is 7.64. The van der Waals surface area contributed by atoms with Gasteiger partial charge >= 0.3 is 0 Å². The van der Waals surface area contributed by atoms with Gasteiger partial charge in [-0.25, -0.2) is 0 Å². The van der Waals surface area contributed by atoms with E-state index in [0.29, 0.717) is 17.6 Å². The van der Waals surface area contributed by atoms with Crippen LogP contribution in [0, 0.1) is 11.8 Å². The number of carbonyl (C=O) groups is 1. The van der Waals surface area contributed by atoms with Gasteiger partial charge < -0.3 is 19.7 Å². The van der Waals surface area contributed by atoms with Crippen molar-refractivity contribution < 1.29 is 14.3 Å². The van der Waals surface area contributed by atoms with Crippen LogP contribution in [0.5, 0.6) is 11.5 Å². The number of likely N-dealkylation sites (tertiary alicyclic amines) is 1. The Hall–Kier alpha value is -1.46. The molecule has 1 N–H and O–H groups in total. The van der Waals surface area contributed by atoms with E-state index in [1.165, 1.54) is 0 Å². The molecule has 0 spiro atoms. The first-order chi connectivity index (χ1) is 10.2. The molecule has 0 saturated carbocycles. The van der Waals surface area contributed by atoms with Crippen molar-refractivity contribution in [2.45, 2.75) is 19.1 Å². The average molecular weight is 325 g/mol.